The van der Waals surface area contributed by atoms with E-state index >= 15 is 0 Å². The molecule has 0 spiro atoms. The van der Waals surface area contributed by atoms with Crippen molar-refractivity contribution < 1.29 is 19.1 Å². The zero-order valence-corrected chi connectivity index (χ0v) is 9.84. The van der Waals surface area contributed by atoms with Gasteiger partial charge in [0.05, 0.1) is 5.92 Å². The van der Waals surface area contributed by atoms with Crippen LogP contribution in [0.25, 0.3) is 0 Å². The molecule has 96 valence electrons. The zero-order chi connectivity index (χ0) is 13.3. The van der Waals surface area contributed by atoms with Gasteiger partial charge < -0.3 is 10.0 Å². The highest BCUT2D eigenvalue weighted by molar-refractivity contribution is 5.93. The Morgan fingerprint density at radius 3 is 2.78 bits per heavy atom. The molecule has 2 unspecified atom stereocenters. The summed E-state index contributed by atoms with van der Waals surface area (Å²) in [6.07, 6.45) is 0.414. The van der Waals surface area contributed by atoms with Crippen LogP contribution in [0.15, 0.2) is 18.2 Å². The van der Waals surface area contributed by atoms with Gasteiger partial charge in [-0.25, -0.2) is 4.98 Å². The zero-order valence-electron chi connectivity index (χ0n) is 9.84. The van der Waals surface area contributed by atoms with E-state index in [1.54, 1.807) is 6.92 Å². The summed E-state index contributed by atoms with van der Waals surface area (Å²) in [5.74, 6) is -2.62. The third-order valence-corrected chi connectivity index (χ3v) is 3.27. The molecule has 0 bridgehead atoms. The molecule has 1 amide bonds. The summed E-state index contributed by atoms with van der Waals surface area (Å²) < 4.78 is 12.9. The number of carbonyl (C=O) groups excluding carboxylic acids is 1. The van der Waals surface area contributed by atoms with Crippen LogP contribution in [0.2, 0.25) is 0 Å². The number of likely N-dealkylation sites (tertiary alicyclic amines) is 1. The van der Waals surface area contributed by atoms with Gasteiger partial charge in [0.15, 0.2) is 0 Å². The Kier molecular flexibility index (Phi) is 3.27. The van der Waals surface area contributed by atoms with Gasteiger partial charge in [-0.1, -0.05) is 6.07 Å². The fourth-order valence-corrected chi connectivity index (χ4v) is 2.23. The molecule has 1 aliphatic rings. The summed E-state index contributed by atoms with van der Waals surface area (Å²) in [6, 6.07) is 3.58. The lowest BCUT2D eigenvalue weighted by molar-refractivity contribution is -0.142. The predicted molar refractivity (Wildman–Crippen MR) is 60.4 cm³/mol. The average Bonchev–Trinajstić information content (AvgIpc) is 2.70. The molecule has 0 aromatic carbocycles. The standard InChI is InChI=1S/C12H13FN2O3/c1-7-8(12(17)18)5-6-15(7)11(16)9-3-2-4-10(13)14-9/h2-4,7-8H,5-6H2,1H3,(H,17,18). The Morgan fingerprint density at radius 2 is 2.22 bits per heavy atom. The van der Waals surface area contributed by atoms with Gasteiger partial charge >= 0.3 is 5.97 Å². The van der Waals surface area contributed by atoms with Crippen molar-refractivity contribution in [2.75, 3.05) is 6.54 Å². The first-order valence-corrected chi connectivity index (χ1v) is 5.67. The number of nitrogens with zero attached hydrogens (tertiary/aromatic N) is 2. The highest BCUT2D eigenvalue weighted by Gasteiger charge is 2.38. The molecule has 1 aromatic heterocycles. The maximum absolute atomic E-state index is 12.9. The monoisotopic (exact) mass is 252 g/mol. The molecule has 18 heavy (non-hydrogen) atoms. The largest absolute Gasteiger partial charge is 0.481 e. The second-order valence-electron chi connectivity index (χ2n) is 4.32. The summed E-state index contributed by atoms with van der Waals surface area (Å²) in [7, 11) is 0. The number of aromatic nitrogens is 1. The van der Waals surface area contributed by atoms with Crippen molar-refractivity contribution in [2.24, 2.45) is 5.92 Å². The fourth-order valence-electron chi connectivity index (χ4n) is 2.23. The van der Waals surface area contributed by atoms with Crippen molar-refractivity contribution in [2.45, 2.75) is 19.4 Å². The maximum Gasteiger partial charge on any atom is 0.308 e. The van der Waals surface area contributed by atoms with Crippen LogP contribution < -0.4 is 0 Å². The van der Waals surface area contributed by atoms with Gasteiger partial charge in [-0.2, -0.15) is 4.39 Å². The van der Waals surface area contributed by atoms with Crippen LogP contribution in [-0.4, -0.2) is 39.5 Å². The molecule has 2 atom stereocenters. The highest BCUT2D eigenvalue weighted by Crippen LogP contribution is 2.25. The maximum atomic E-state index is 12.9. The van der Waals surface area contributed by atoms with E-state index in [2.05, 4.69) is 4.98 Å². The highest BCUT2D eigenvalue weighted by atomic mass is 19.1. The van der Waals surface area contributed by atoms with E-state index in [1.165, 1.54) is 17.0 Å². The first kappa shape index (κ1) is 12.5. The van der Waals surface area contributed by atoms with Crippen molar-refractivity contribution in [3.8, 4) is 0 Å². The Bertz CT molecular complexity index is 492. The van der Waals surface area contributed by atoms with Gasteiger partial charge in [0.25, 0.3) is 5.91 Å². The molecule has 1 N–H and O–H groups in total. The summed E-state index contributed by atoms with van der Waals surface area (Å²) in [5, 5.41) is 8.98. The Labute approximate surface area is 103 Å². The Balaban J connectivity index is 2.18. The normalized spacial score (nSPS) is 23.1. The van der Waals surface area contributed by atoms with Gasteiger partial charge in [-0.05, 0) is 25.5 Å². The molecule has 0 radical (unpaired) electrons. The molecule has 1 fully saturated rings. The van der Waals surface area contributed by atoms with Gasteiger partial charge in [0.2, 0.25) is 5.95 Å². The van der Waals surface area contributed by atoms with Crippen LogP contribution in [0.5, 0.6) is 0 Å². The lowest BCUT2D eigenvalue weighted by Crippen LogP contribution is -2.38. The number of halogens is 1. The number of rotatable bonds is 2. The van der Waals surface area contributed by atoms with E-state index in [-0.39, 0.29) is 5.69 Å². The molecule has 2 heterocycles. The van der Waals surface area contributed by atoms with Crippen molar-refractivity contribution in [1.29, 1.82) is 0 Å². The molecule has 0 saturated carbocycles. The average molecular weight is 252 g/mol. The number of hydrogen-bond donors (Lipinski definition) is 1. The van der Waals surface area contributed by atoms with E-state index in [4.69, 9.17) is 5.11 Å². The quantitative estimate of drug-likeness (QED) is 0.802. The second-order valence-corrected chi connectivity index (χ2v) is 4.32. The second kappa shape index (κ2) is 4.72. The van der Waals surface area contributed by atoms with Crippen LogP contribution in [0.1, 0.15) is 23.8 Å². The number of aliphatic carboxylic acids is 1. The summed E-state index contributed by atoms with van der Waals surface area (Å²) in [6.45, 7) is 2.04. The molecule has 1 aromatic rings. The minimum Gasteiger partial charge on any atom is -0.481 e. The number of pyridine rings is 1. The molecule has 5 nitrogen and oxygen atoms in total. The van der Waals surface area contributed by atoms with Crippen LogP contribution >= 0.6 is 0 Å². The van der Waals surface area contributed by atoms with Crippen molar-refractivity contribution >= 4 is 11.9 Å². The SMILES string of the molecule is CC1C(C(=O)O)CCN1C(=O)c1cccc(F)n1. The van der Waals surface area contributed by atoms with E-state index in [9.17, 15) is 14.0 Å². The van der Waals surface area contributed by atoms with E-state index in [0.29, 0.717) is 13.0 Å². The number of carbonyl (C=O) groups is 2. The topological polar surface area (TPSA) is 70.5 Å². The Morgan fingerprint density at radius 1 is 1.50 bits per heavy atom. The number of hydrogen-bond acceptors (Lipinski definition) is 3. The number of carboxylic acids is 1. The third-order valence-electron chi connectivity index (χ3n) is 3.27. The van der Waals surface area contributed by atoms with E-state index < -0.39 is 29.8 Å². The lowest BCUT2D eigenvalue weighted by Gasteiger charge is -2.22. The third kappa shape index (κ3) is 2.18. The fraction of sp³-hybridized carbons (Fsp3) is 0.417. The molecule has 6 heteroatoms. The van der Waals surface area contributed by atoms with Crippen LogP contribution in [0.3, 0.4) is 0 Å². The molecular weight excluding hydrogens is 239 g/mol. The van der Waals surface area contributed by atoms with Gasteiger partial charge in [0.1, 0.15) is 5.69 Å². The van der Waals surface area contributed by atoms with Crippen molar-refractivity contribution in [1.82, 2.24) is 9.88 Å². The summed E-state index contributed by atoms with van der Waals surface area (Å²) in [4.78, 5) is 28.0. The van der Waals surface area contributed by atoms with Gasteiger partial charge in [0, 0.05) is 12.6 Å². The molecule has 1 aliphatic heterocycles. The van der Waals surface area contributed by atoms with Gasteiger partial charge in [-0.3, -0.25) is 9.59 Å². The minimum atomic E-state index is -0.912. The molecule has 2 rings (SSSR count). The van der Waals surface area contributed by atoms with Gasteiger partial charge in [-0.15, -0.1) is 0 Å². The van der Waals surface area contributed by atoms with E-state index in [0.717, 1.165) is 6.07 Å². The summed E-state index contributed by atoms with van der Waals surface area (Å²) >= 11 is 0. The lowest BCUT2D eigenvalue weighted by atomic mass is 10.0. The van der Waals surface area contributed by atoms with Crippen LogP contribution in [-0.2, 0) is 4.79 Å². The Hall–Kier alpha value is -1.98. The van der Waals surface area contributed by atoms with Crippen molar-refractivity contribution in [3.63, 3.8) is 0 Å². The predicted octanol–water partition coefficient (Wildman–Crippen LogP) is 1.16. The smallest absolute Gasteiger partial charge is 0.308 e. The number of amides is 1. The first-order chi connectivity index (χ1) is 8.50. The van der Waals surface area contributed by atoms with Crippen molar-refractivity contribution in [3.05, 3.63) is 29.8 Å². The minimum absolute atomic E-state index is 0.00730. The number of carboxylic acid groups (broad SMARTS) is 1. The van der Waals surface area contributed by atoms with Crippen LogP contribution in [0, 0.1) is 11.9 Å². The summed E-state index contributed by atoms with van der Waals surface area (Å²) in [5.41, 5.74) is 0.00730. The first-order valence-electron chi connectivity index (χ1n) is 5.67. The molecular formula is C12H13FN2O3. The molecule has 1 saturated heterocycles. The van der Waals surface area contributed by atoms with Crippen LogP contribution in [0.4, 0.5) is 4.39 Å². The van der Waals surface area contributed by atoms with E-state index in [1.807, 2.05) is 0 Å². The molecule has 0 aliphatic carbocycles.